The molecule has 1 aromatic carbocycles. The SMILES string of the molecule is N[C@@H](CCC(F)(F)F)c1ccccc1C(=O)O. The number of carboxylic acids is 1. The highest BCUT2D eigenvalue weighted by molar-refractivity contribution is 5.89. The molecule has 0 bridgehead atoms. The lowest BCUT2D eigenvalue weighted by Crippen LogP contribution is -2.18. The minimum atomic E-state index is -4.28. The van der Waals surface area contributed by atoms with E-state index in [1.807, 2.05) is 0 Å². The number of carbonyl (C=O) groups is 1. The normalized spacial score (nSPS) is 13.4. The zero-order valence-corrected chi connectivity index (χ0v) is 8.87. The van der Waals surface area contributed by atoms with Crippen molar-refractivity contribution in [2.75, 3.05) is 0 Å². The number of rotatable bonds is 4. The first kappa shape index (κ1) is 13.5. The van der Waals surface area contributed by atoms with E-state index < -0.39 is 24.6 Å². The Balaban J connectivity index is 2.82. The van der Waals surface area contributed by atoms with Crippen LogP contribution < -0.4 is 5.73 Å². The summed E-state index contributed by atoms with van der Waals surface area (Å²) in [5.41, 5.74) is 5.75. The molecule has 0 spiro atoms. The Kier molecular flexibility index (Phi) is 4.11. The van der Waals surface area contributed by atoms with E-state index in [0.717, 1.165) is 0 Å². The molecular weight excluding hydrogens is 235 g/mol. The Morgan fingerprint density at radius 1 is 1.35 bits per heavy atom. The molecule has 0 amide bonds. The second-order valence-electron chi connectivity index (χ2n) is 3.65. The fourth-order valence-electron chi connectivity index (χ4n) is 1.49. The molecule has 0 saturated heterocycles. The van der Waals surface area contributed by atoms with Gasteiger partial charge in [0.2, 0.25) is 0 Å². The van der Waals surface area contributed by atoms with Gasteiger partial charge in [0.15, 0.2) is 0 Å². The third kappa shape index (κ3) is 4.07. The number of hydrogen-bond acceptors (Lipinski definition) is 2. The maximum absolute atomic E-state index is 12.0. The molecule has 6 heteroatoms. The van der Waals surface area contributed by atoms with Crippen molar-refractivity contribution in [1.29, 1.82) is 0 Å². The van der Waals surface area contributed by atoms with Gasteiger partial charge in [0, 0.05) is 12.5 Å². The van der Waals surface area contributed by atoms with Gasteiger partial charge < -0.3 is 10.8 Å². The van der Waals surface area contributed by atoms with Gasteiger partial charge in [0.1, 0.15) is 0 Å². The number of hydrogen-bond donors (Lipinski definition) is 2. The largest absolute Gasteiger partial charge is 0.478 e. The molecular formula is C11H12F3NO2. The maximum atomic E-state index is 12.0. The predicted octanol–water partition coefficient (Wildman–Crippen LogP) is 2.73. The lowest BCUT2D eigenvalue weighted by atomic mass is 9.97. The molecule has 0 saturated carbocycles. The first-order valence-electron chi connectivity index (χ1n) is 4.96. The molecule has 3 N–H and O–H groups in total. The summed E-state index contributed by atoms with van der Waals surface area (Å²) < 4.78 is 36.1. The summed E-state index contributed by atoms with van der Waals surface area (Å²) >= 11 is 0. The van der Waals surface area contributed by atoms with Crippen molar-refractivity contribution in [3.63, 3.8) is 0 Å². The number of aromatic carboxylic acids is 1. The molecule has 17 heavy (non-hydrogen) atoms. The van der Waals surface area contributed by atoms with Crippen LogP contribution in [0.3, 0.4) is 0 Å². The molecule has 94 valence electrons. The number of halogens is 3. The van der Waals surface area contributed by atoms with E-state index in [0.29, 0.717) is 0 Å². The van der Waals surface area contributed by atoms with Crippen LogP contribution in [-0.2, 0) is 0 Å². The molecule has 0 aromatic heterocycles. The second kappa shape index (κ2) is 5.18. The van der Waals surface area contributed by atoms with Crippen LogP contribution in [0.25, 0.3) is 0 Å². The van der Waals surface area contributed by atoms with Crippen molar-refractivity contribution < 1.29 is 23.1 Å². The Morgan fingerprint density at radius 3 is 2.47 bits per heavy atom. The zero-order valence-electron chi connectivity index (χ0n) is 8.87. The number of nitrogens with two attached hydrogens (primary N) is 1. The highest BCUT2D eigenvalue weighted by Gasteiger charge is 2.28. The van der Waals surface area contributed by atoms with Crippen LogP contribution in [0.1, 0.15) is 34.8 Å². The zero-order chi connectivity index (χ0) is 13.1. The average molecular weight is 247 g/mol. The van der Waals surface area contributed by atoms with Crippen molar-refractivity contribution in [3.05, 3.63) is 35.4 Å². The minimum Gasteiger partial charge on any atom is -0.478 e. The first-order chi connectivity index (χ1) is 7.81. The fourth-order valence-corrected chi connectivity index (χ4v) is 1.49. The molecule has 1 rings (SSSR count). The standard InChI is InChI=1S/C11H12F3NO2/c12-11(13,14)6-5-9(15)7-3-1-2-4-8(7)10(16)17/h1-4,9H,5-6,15H2,(H,16,17)/t9-/m0/s1. The van der Waals surface area contributed by atoms with Gasteiger partial charge in [-0.2, -0.15) is 13.2 Å². The van der Waals surface area contributed by atoms with Crippen LogP contribution in [0.2, 0.25) is 0 Å². The van der Waals surface area contributed by atoms with Crippen molar-refractivity contribution in [3.8, 4) is 0 Å². The van der Waals surface area contributed by atoms with Gasteiger partial charge in [-0.1, -0.05) is 18.2 Å². The van der Waals surface area contributed by atoms with E-state index in [1.54, 1.807) is 6.07 Å². The number of alkyl halides is 3. The summed E-state index contributed by atoms with van der Waals surface area (Å²) in [5, 5.41) is 8.86. The van der Waals surface area contributed by atoms with Crippen LogP contribution in [0.5, 0.6) is 0 Å². The van der Waals surface area contributed by atoms with E-state index in [4.69, 9.17) is 10.8 Å². The minimum absolute atomic E-state index is 0.0535. The molecule has 0 radical (unpaired) electrons. The number of carboxylic acid groups (broad SMARTS) is 1. The van der Waals surface area contributed by atoms with Gasteiger partial charge in [0.25, 0.3) is 0 Å². The van der Waals surface area contributed by atoms with Crippen LogP contribution in [-0.4, -0.2) is 17.3 Å². The van der Waals surface area contributed by atoms with Crippen molar-refractivity contribution in [2.24, 2.45) is 5.73 Å². The average Bonchev–Trinajstić information content (AvgIpc) is 2.25. The maximum Gasteiger partial charge on any atom is 0.389 e. The topological polar surface area (TPSA) is 63.3 Å². The van der Waals surface area contributed by atoms with Crippen molar-refractivity contribution >= 4 is 5.97 Å². The van der Waals surface area contributed by atoms with E-state index in [1.165, 1.54) is 18.2 Å². The summed E-state index contributed by atoms with van der Waals surface area (Å²) in [5.74, 6) is -1.19. The van der Waals surface area contributed by atoms with E-state index in [9.17, 15) is 18.0 Å². The van der Waals surface area contributed by atoms with E-state index >= 15 is 0 Å². The smallest absolute Gasteiger partial charge is 0.389 e. The van der Waals surface area contributed by atoms with Gasteiger partial charge >= 0.3 is 12.1 Å². The Morgan fingerprint density at radius 2 is 1.94 bits per heavy atom. The quantitative estimate of drug-likeness (QED) is 0.859. The van der Waals surface area contributed by atoms with Crippen molar-refractivity contribution in [2.45, 2.75) is 25.1 Å². The predicted molar refractivity (Wildman–Crippen MR) is 55.6 cm³/mol. The lowest BCUT2D eigenvalue weighted by Gasteiger charge is -2.15. The Hall–Kier alpha value is -1.56. The van der Waals surface area contributed by atoms with Gasteiger partial charge in [-0.15, -0.1) is 0 Å². The molecule has 1 atom stereocenters. The van der Waals surface area contributed by atoms with Gasteiger partial charge in [0.05, 0.1) is 5.56 Å². The molecule has 0 heterocycles. The molecule has 0 fully saturated rings. The summed E-state index contributed by atoms with van der Waals surface area (Å²) in [6.07, 6.45) is -5.63. The third-order valence-corrected chi connectivity index (χ3v) is 2.33. The highest BCUT2D eigenvalue weighted by atomic mass is 19.4. The Labute approximate surface area is 96.0 Å². The summed E-state index contributed by atoms with van der Waals surface area (Å²) in [6.45, 7) is 0. The van der Waals surface area contributed by atoms with Crippen molar-refractivity contribution in [1.82, 2.24) is 0 Å². The summed E-state index contributed by atoms with van der Waals surface area (Å²) in [6, 6.07) is 4.89. The van der Waals surface area contributed by atoms with E-state index in [-0.39, 0.29) is 17.5 Å². The van der Waals surface area contributed by atoms with Crippen LogP contribution in [0.15, 0.2) is 24.3 Å². The monoisotopic (exact) mass is 247 g/mol. The summed E-state index contributed by atoms with van der Waals surface area (Å²) in [4.78, 5) is 10.8. The molecule has 0 aliphatic carbocycles. The van der Waals surface area contributed by atoms with E-state index in [2.05, 4.69) is 0 Å². The van der Waals surface area contributed by atoms with Crippen LogP contribution in [0, 0.1) is 0 Å². The van der Waals surface area contributed by atoms with Gasteiger partial charge in [-0.3, -0.25) is 0 Å². The molecule has 1 aromatic rings. The molecule has 0 unspecified atom stereocenters. The number of benzene rings is 1. The highest BCUT2D eigenvalue weighted by Crippen LogP contribution is 2.27. The Bertz CT molecular complexity index is 404. The third-order valence-electron chi connectivity index (χ3n) is 2.33. The van der Waals surface area contributed by atoms with Crippen LogP contribution >= 0.6 is 0 Å². The molecule has 0 aliphatic heterocycles. The molecule has 0 aliphatic rings. The van der Waals surface area contributed by atoms with Crippen LogP contribution in [0.4, 0.5) is 13.2 Å². The molecule has 3 nitrogen and oxygen atoms in total. The first-order valence-corrected chi connectivity index (χ1v) is 4.96. The summed E-state index contributed by atoms with van der Waals surface area (Å²) in [7, 11) is 0. The van der Waals surface area contributed by atoms with Gasteiger partial charge in [-0.25, -0.2) is 4.79 Å². The second-order valence-corrected chi connectivity index (χ2v) is 3.65. The lowest BCUT2D eigenvalue weighted by molar-refractivity contribution is -0.136. The fraction of sp³-hybridized carbons (Fsp3) is 0.364. The van der Waals surface area contributed by atoms with Gasteiger partial charge in [-0.05, 0) is 18.1 Å².